The predicted molar refractivity (Wildman–Crippen MR) is 51.6 cm³/mol. The standard InChI is InChI=1S/C10H21N/c1-2-3-4-5-6-7-8-9-10-11/h6-7H,2-5,8-11H2,1H3/b7-6-. The predicted octanol–water partition coefficient (Wildman–Crippen LogP) is 2.86. The molecule has 0 aliphatic heterocycles. The van der Waals surface area contributed by atoms with Crippen LogP contribution in [0.25, 0.3) is 0 Å². The van der Waals surface area contributed by atoms with Gasteiger partial charge in [0.05, 0.1) is 0 Å². The van der Waals surface area contributed by atoms with Crippen molar-refractivity contribution in [3.63, 3.8) is 0 Å². The van der Waals surface area contributed by atoms with Crippen LogP contribution in [0.3, 0.4) is 0 Å². The number of allylic oxidation sites excluding steroid dienone is 2. The van der Waals surface area contributed by atoms with Gasteiger partial charge in [0.2, 0.25) is 0 Å². The average molecular weight is 155 g/mol. The van der Waals surface area contributed by atoms with E-state index in [9.17, 15) is 0 Å². The van der Waals surface area contributed by atoms with Crippen LogP contribution < -0.4 is 5.73 Å². The van der Waals surface area contributed by atoms with Crippen LogP contribution in [-0.2, 0) is 0 Å². The van der Waals surface area contributed by atoms with Gasteiger partial charge in [0.1, 0.15) is 0 Å². The molecule has 0 aliphatic carbocycles. The van der Waals surface area contributed by atoms with Gasteiger partial charge in [-0.05, 0) is 32.2 Å². The van der Waals surface area contributed by atoms with Crippen molar-refractivity contribution in [3.8, 4) is 0 Å². The van der Waals surface area contributed by atoms with Crippen molar-refractivity contribution in [1.29, 1.82) is 0 Å². The Morgan fingerprint density at radius 3 is 2.18 bits per heavy atom. The Morgan fingerprint density at radius 1 is 1.00 bits per heavy atom. The lowest BCUT2D eigenvalue weighted by atomic mass is 10.2. The van der Waals surface area contributed by atoms with E-state index < -0.39 is 0 Å². The molecule has 0 aromatic heterocycles. The fourth-order valence-corrected chi connectivity index (χ4v) is 0.984. The van der Waals surface area contributed by atoms with Crippen LogP contribution in [0.4, 0.5) is 0 Å². The molecule has 2 N–H and O–H groups in total. The number of hydrogen-bond donors (Lipinski definition) is 1. The third-order valence-corrected chi connectivity index (χ3v) is 1.72. The zero-order chi connectivity index (χ0) is 8.36. The average Bonchev–Trinajstić information content (AvgIpc) is 2.03. The summed E-state index contributed by atoms with van der Waals surface area (Å²) in [4.78, 5) is 0. The fourth-order valence-electron chi connectivity index (χ4n) is 0.984. The molecule has 0 fully saturated rings. The minimum Gasteiger partial charge on any atom is -0.330 e. The summed E-state index contributed by atoms with van der Waals surface area (Å²) < 4.78 is 0. The molecular formula is C10H21N. The van der Waals surface area contributed by atoms with Gasteiger partial charge in [-0.1, -0.05) is 31.9 Å². The monoisotopic (exact) mass is 155 g/mol. The molecule has 66 valence electrons. The zero-order valence-corrected chi connectivity index (χ0v) is 7.68. The molecule has 0 heterocycles. The first-order valence-electron chi connectivity index (χ1n) is 4.77. The van der Waals surface area contributed by atoms with Crippen molar-refractivity contribution in [1.82, 2.24) is 0 Å². The van der Waals surface area contributed by atoms with E-state index in [4.69, 9.17) is 5.73 Å². The summed E-state index contributed by atoms with van der Waals surface area (Å²) in [6.45, 7) is 3.05. The van der Waals surface area contributed by atoms with E-state index in [-0.39, 0.29) is 0 Å². The molecule has 0 radical (unpaired) electrons. The van der Waals surface area contributed by atoms with E-state index in [1.165, 1.54) is 25.7 Å². The molecule has 0 atom stereocenters. The van der Waals surface area contributed by atoms with Crippen LogP contribution in [0.2, 0.25) is 0 Å². The van der Waals surface area contributed by atoms with Crippen molar-refractivity contribution in [2.45, 2.75) is 45.4 Å². The molecule has 1 heteroatoms. The quantitative estimate of drug-likeness (QED) is 0.444. The first-order chi connectivity index (χ1) is 5.41. The Balaban J connectivity index is 2.91. The molecule has 0 spiro atoms. The number of nitrogens with two attached hydrogens (primary N) is 1. The van der Waals surface area contributed by atoms with Gasteiger partial charge in [-0.3, -0.25) is 0 Å². The van der Waals surface area contributed by atoms with Crippen molar-refractivity contribution in [3.05, 3.63) is 12.2 Å². The molecule has 0 unspecified atom stereocenters. The van der Waals surface area contributed by atoms with E-state index in [2.05, 4.69) is 19.1 Å². The first-order valence-corrected chi connectivity index (χ1v) is 4.77. The summed E-state index contributed by atoms with van der Waals surface area (Å²) in [6, 6.07) is 0. The van der Waals surface area contributed by atoms with E-state index in [0.29, 0.717) is 0 Å². The molecule has 0 rings (SSSR count). The Morgan fingerprint density at radius 2 is 1.64 bits per heavy atom. The second kappa shape index (κ2) is 9.70. The van der Waals surface area contributed by atoms with Gasteiger partial charge in [0.15, 0.2) is 0 Å². The van der Waals surface area contributed by atoms with Gasteiger partial charge in [-0.2, -0.15) is 0 Å². The third-order valence-electron chi connectivity index (χ3n) is 1.72. The zero-order valence-electron chi connectivity index (χ0n) is 7.68. The number of rotatable bonds is 7. The number of unbranched alkanes of at least 4 members (excludes halogenated alkanes) is 4. The van der Waals surface area contributed by atoms with Gasteiger partial charge in [0, 0.05) is 0 Å². The van der Waals surface area contributed by atoms with Crippen LogP contribution in [0.1, 0.15) is 45.4 Å². The fraction of sp³-hybridized carbons (Fsp3) is 0.800. The van der Waals surface area contributed by atoms with Gasteiger partial charge in [-0.15, -0.1) is 0 Å². The molecule has 0 saturated heterocycles. The van der Waals surface area contributed by atoms with Crippen LogP contribution in [0.5, 0.6) is 0 Å². The maximum absolute atomic E-state index is 5.36. The molecular weight excluding hydrogens is 134 g/mol. The topological polar surface area (TPSA) is 26.0 Å². The van der Waals surface area contributed by atoms with Gasteiger partial charge >= 0.3 is 0 Å². The van der Waals surface area contributed by atoms with E-state index >= 15 is 0 Å². The van der Waals surface area contributed by atoms with Gasteiger partial charge < -0.3 is 5.73 Å². The second-order valence-electron chi connectivity index (χ2n) is 2.90. The highest BCUT2D eigenvalue weighted by Gasteiger charge is 1.81. The van der Waals surface area contributed by atoms with Crippen LogP contribution >= 0.6 is 0 Å². The minimum absolute atomic E-state index is 0.819. The summed E-state index contributed by atoms with van der Waals surface area (Å²) in [5, 5.41) is 0. The molecule has 0 aromatic rings. The largest absolute Gasteiger partial charge is 0.330 e. The molecule has 0 aromatic carbocycles. The maximum atomic E-state index is 5.36. The highest BCUT2D eigenvalue weighted by Crippen LogP contribution is 2.00. The van der Waals surface area contributed by atoms with E-state index in [0.717, 1.165) is 19.4 Å². The molecule has 0 aliphatic rings. The van der Waals surface area contributed by atoms with E-state index in [1.807, 2.05) is 0 Å². The van der Waals surface area contributed by atoms with Gasteiger partial charge in [0.25, 0.3) is 0 Å². The summed E-state index contributed by atoms with van der Waals surface area (Å²) >= 11 is 0. The lowest BCUT2D eigenvalue weighted by molar-refractivity contribution is 0.727. The van der Waals surface area contributed by atoms with Crippen molar-refractivity contribution < 1.29 is 0 Å². The second-order valence-corrected chi connectivity index (χ2v) is 2.90. The summed E-state index contributed by atoms with van der Waals surface area (Å²) in [5.41, 5.74) is 5.36. The Bertz CT molecular complexity index is 86.9. The van der Waals surface area contributed by atoms with Crippen molar-refractivity contribution >= 4 is 0 Å². The van der Waals surface area contributed by atoms with Crippen molar-refractivity contribution in [2.24, 2.45) is 5.73 Å². The minimum atomic E-state index is 0.819. The summed E-state index contributed by atoms with van der Waals surface area (Å²) in [6.07, 6.45) is 12.1. The summed E-state index contributed by atoms with van der Waals surface area (Å²) in [7, 11) is 0. The van der Waals surface area contributed by atoms with E-state index in [1.54, 1.807) is 0 Å². The summed E-state index contributed by atoms with van der Waals surface area (Å²) in [5.74, 6) is 0. The Hall–Kier alpha value is -0.300. The van der Waals surface area contributed by atoms with Crippen molar-refractivity contribution in [2.75, 3.05) is 6.54 Å². The SMILES string of the molecule is CCCCC/C=C\CCCN. The van der Waals surface area contributed by atoms with Crippen LogP contribution in [0.15, 0.2) is 12.2 Å². The smallest absolute Gasteiger partial charge is 0.00743 e. The maximum Gasteiger partial charge on any atom is -0.00743 e. The number of hydrogen-bond acceptors (Lipinski definition) is 1. The molecule has 0 bridgehead atoms. The Labute approximate surface area is 70.7 Å². The normalized spacial score (nSPS) is 11.1. The van der Waals surface area contributed by atoms with Gasteiger partial charge in [-0.25, -0.2) is 0 Å². The first kappa shape index (κ1) is 10.7. The lowest BCUT2D eigenvalue weighted by Gasteiger charge is -1.91. The third kappa shape index (κ3) is 9.70. The molecule has 1 nitrogen and oxygen atoms in total. The molecule has 0 saturated carbocycles. The highest BCUT2D eigenvalue weighted by atomic mass is 14.5. The van der Waals surface area contributed by atoms with Crippen LogP contribution in [0, 0.1) is 0 Å². The molecule has 11 heavy (non-hydrogen) atoms. The lowest BCUT2D eigenvalue weighted by Crippen LogP contribution is -1.96. The molecule has 0 amide bonds. The Kier molecular flexibility index (Phi) is 9.44. The van der Waals surface area contributed by atoms with Crippen LogP contribution in [-0.4, -0.2) is 6.54 Å². The highest BCUT2D eigenvalue weighted by molar-refractivity contribution is 4.81.